The fraction of sp³-hybridized carbons (Fsp3) is 0.167. The Balaban J connectivity index is 2.97. The summed E-state index contributed by atoms with van der Waals surface area (Å²) in [4.78, 5) is 11.6. The number of nitrogens with zero attached hydrogens (tertiary/aromatic N) is 1. The monoisotopic (exact) mass is 270 g/mol. The molecule has 7 heteroatoms. The maximum absolute atomic E-state index is 12.2. The zero-order chi connectivity index (χ0) is 14.5. The number of ether oxygens (including phenoxy) is 1. The van der Waals surface area contributed by atoms with Gasteiger partial charge in [0.25, 0.3) is 5.91 Å². The molecule has 1 N–H and O–H groups in total. The van der Waals surface area contributed by atoms with Crippen molar-refractivity contribution in [2.24, 2.45) is 0 Å². The molecule has 0 saturated heterocycles. The predicted molar refractivity (Wildman–Crippen MR) is 61.1 cm³/mol. The number of hydrogen-bond acceptors (Lipinski definition) is 3. The van der Waals surface area contributed by atoms with Gasteiger partial charge in [0, 0.05) is 0 Å². The lowest BCUT2D eigenvalue weighted by Crippen LogP contribution is -2.20. The van der Waals surface area contributed by atoms with E-state index in [0.29, 0.717) is 0 Å². The standard InChI is InChI=1S/C12H9F3N2O2/c1-2-8(7-16)11(18)17-9-5-3-4-6-10(9)19-12(13,14)15/h2-6H,1H3,(H,17,18). The van der Waals surface area contributed by atoms with E-state index in [0.717, 1.165) is 6.07 Å². The van der Waals surface area contributed by atoms with Crippen LogP contribution in [-0.2, 0) is 4.79 Å². The van der Waals surface area contributed by atoms with Gasteiger partial charge >= 0.3 is 6.36 Å². The van der Waals surface area contributed by atoms with Gasteiger partial charge in [-0.25, -0.2) is 0 Å². The Kier molecular flexibility index (Phi) is 4.53. The Labute approximate surface area is 107 Å². The molecule has 0 heterocycles. The molecule has 19 heavy (non-hydrogen) atoms. The molecule has 0 atom stereocenters. The minimum Gasteiger partial charge on any atom is -0.404 e. The van der Waals surface area contributed by atoms with Crippen LogP contribution in [0.3, 0.4) is 0 Å². The Morgan fingerprint density at radius 3 is 2.58 bits per heavy atom. The molecule has 0 aliphatic carbocycles. The summed E-state index contributed by atoms with van der Waals surface area (Å²) in [7, 11) is 0. The first-order chi connectivity index (χ1) is 8.87. The second-order valence-corrected chi connectivity index (χ2v) is 3.31. The number of anilines is 1. The van der Waals surface area contributed by atoms with Crippen LogP contribution < -0.4 is 10.1 Å². The lowest BCUT2D eigenvalue weighted by Gasteiger charge is -2.13. The second-order valence-electron chi connectivity index (χ2n) is 3.31. The number of benzene rings is 1. The smallest absolute Gasteiger partial charge is 0.404 e. The van der Waals surface area contributed by atoms with Crippen LogP contribution in [0.2, 0.25) is 0 Å². The molecule has 1 aromatic rings. The van der Waals surface area contributed by atoms with E-state index in [4.69, 9.17) is 5.26 Å². The minimum atomic E-state index is -4.86. The first-order valence-corrected chi connectivity index (χ1v) is 5.10. The Morgan fingerprint density at radius 2 is 2.05 bits per heavy atom. The van der Waals surface area contributed by atoms with Crippen molar-refractivity contribution in [3.8, 4) is 11.8 Å². The van der Waals surface area contributed by atoms with Crippen molar-refractivity contribution in [1.82, 2.24) is 0 Å². The van der Waals surface area contributed by atoms with Crippen molar-refractivity contribution in [3.63, 3.8) is 0 Å². The molecular weight excluding hydrogens is 261 g/mol. The number of rotatable bonds is 3. The summed E-state index contributed by atoms with van der Waals surface area (Å²) in [5.41, 5.74) is -0.374. The number of nitriles is 1. The van der Waals surface area contributed by atoms with Gasteiger partial charge in [-0.1, -0.05) is 18.2 Å². The summed E-state index contributed by atoms with van der Waals surface area (Å²) in [6.45, 7) is 1.47. The van der Waals surface area contributed by atoms with Gasteiger partial charge in [0.1, 0.15) is 11.6 Å². The molecule has 0 radical (unpaired) electrons. The van der Waals surface area contributed by atoms with Crippen molar-refractivity contribution in [3.05, 3.63) is 35.9 Å². The van der Waals surface area contributed by atoms with Crippen molar-refractivity contribution in [2.45, 2.75) is 13.3 Å². The van der Waals surface area contributed by atoms with Crippen LogP contribution in [0.5, 0.6) is 5.75 Å². The van der Waals surface area contributed by atoms with E-state index >= 15 is 0 Å². The molecule has 4 nitrogen and oxygen atoms in total. The SMILES string of the molecule is CC=C(C#N)C(=O)Nc1ccccc1OC(F)(F)F. The minimum absolute atomic E-state index is 0.167. The quantitative estimate of drug-likeness (QED) is 0.678. The summed E-state index contributed by atoms with van der Waals surface area (Å²) in [5.74, 6) is -1.35. The number of hydrogen-bond donors (Lipinski definition) is 1. The highest BCUT2D eigenvalue weighted by Crippen LogP contribution is 2.30. The van der Waals surface area contributed by atoms with E-state index in [9.17, 15) is 18.0 Å². The third-order valence-corrected chi connectivity index (χ3v) is 2.01. The molecule has 0 aliphatic heterocycles. The average molecular weight is 270 g/mol. The molecule has 1 amide bonds. The molecule has 0 fully saturated rings. The number of halogens is 3. The van der Waals surface area contributed by atoms with Crippen molar-refractivity contribution in [2.75, 3.05) is 5.32 Å². The summed E-state index contributed by atoms with van der Waals surface area (Å²) in [6, 6.07) is 6.69. The van der Waals surface area contributed by atoms with Crippen molar-refractivity contribution < 1.29 is 22.7 Å². The van der Waals surface area contributed by atoms with Gasteiger partial charge < -0.3 is 10.1 Å². The van der Waals surface area contributed by atoms with Gasteiger partial charge in [0.2, 0.25) is 0 Å². The first-order valence-electron chi connectivity index (χ1n) is 5.10. The molecule has 0 spiro atoms. The topological polar surface area (TPSA) is 62.1 Å². The molecule has 0 saturated carbocycles. The Morgan fingerprint density at radius 1 is 1.42 bits per heavy atom. The lowest BCUT2D eigenvalue weighted by molar-refractivity contribution is -0.274. The summed E-state index contributed by atoms with van der Waals surface area (Å²) in [6.07, 6.45) is -3.61. The van der Waals surface area contributed by atoms with Gasteiger partial charge in [0.15, 0.2) is 5.75 Å². The maximum atomic E-state index is 12.2. The molecule has 1 aromatic carbocycles. The van der Waals surface area contributed by atoms with Crippen LogP contribution in [0, 0.1) is 11.3 Å². The van der Waals surface area contributed by atoms with E-state index in [-0.39, 0.29) is 11.3 Å². The second kappa shape index (κ2) is 5.91. The van der Waals surface area contributed by atoms with Gasteiger partial charge in [-0.2, -0.15) is 5.26 Å². The van der Waals surface area contributed by atoms with E-state index in [2.05, 4.69) is 10.1 Å². The Bertz CT molecular complexity index is 545. The molecule has 0 bridgehead atoms. The van der Waals surface area contributed by atoms with E-state index < -0.39 is 18.0 Å². The Hall–Kier alpha value is -2.49. The van der Waals surface area contributed by atoms with Gasteiger partial charge in [0.05, 0.1) is 5.69 Å². The number of alkyl halides is 3. The van der Waals surface area contributed by atoms with Gasteiger partial charge in [-0.3, -0.25) is 4.79 Å². The first kappa shape index (κ1) is 14.6. The van der Waals surface area contributed by atoms with E-state index in [1.165, 1.54) is 31.2 Å². The number of amides is 1. The number of para-hydroxylation sites is 2. The fourth-order valence-electron chi connectivity index (χ4n) is 1.22. The maximum Gasteiger partial charge on any atom is 0.573 e. The highest BCUT2D eigenvalue weighted by molar-refractivity contribution is 6.07. The third-order valence-electron chi connectivity index (χ3n) is 2.01. The highest BCUT2D eigenvalue weighted by Gasteiger charge is 2.32. The zero-order valence-corrected chi connectivity index (χ0v) is 9.78. The fourth-order valence-corrected chi connectivity index (χ4v) is 1.22. The molecule has 0 aliphatic rings. The summed E-state index contributed by atoms with van der Waals surface area (Å²) in [5, 5.41) is 10.8. The number of nitrogens with one attached hydrogen (secondary N) is 1. The van der Waals surface area contributed by atoms with Crippen LogP contribution >= 0.6 is 0 Å². The van der Waals surface area contributed by atoms with E-state index in [1.807, 2.05) is 0 Å². The predicted octanol–water partition coefficient (Wildman–Crippen LogP) is 2.99. The summed E-state index contributed by atoms with van der Waals surface area (Å²) < 4.78 is 40.2. The van der Waals surface area contributed by atoms with Crippen molar-refractivity contribution in [1.29, 1.82) is 5.26 Å². The van der Waals surface area contributed by atoms with Crippen molar-refractivity contribution >= 4 is 11.6 Å². The molecule has 0 aromatic heterocycles. The normalized spacial score (nSPS) is 11.6. The van der Waals surface area contributed by atoms with Crippen LogP contribution in [0.1, 0.15) is 6.92 Å². The van der Waals surface area contributed by atoms with Crippen LogP contribution in [0.15, 0.2) is 35.9 Å². The van der Waals surface area contributed by atoms with Crippen LogP contribution in [-0.4, -0.2) is 12.3 Å². The number of carbonyl (C=O) groups excluding carboxylic acids is 1. The number of carbonyl (C=O) groups is 1. The van der Waals surface area contributed by atoms with Gasteiger partial charge in [-0.15, -0.1) is 13.2 Å². The molecule has 1 rings (SSSR count). The molecular formula is C12H9F3N2O2. The third kappa shape index (κ3) is 4.35. The molecule has 100 valence electrons. The largest absolute Gasteiger partial charge is 0.573 e. The van der Waals surface area contributed by atoms with Crippen LogP contribution in [0.25, 0.3) is 0 Å². The molecule has 0 unspecified atom stereocenters. The zero-order valence-electron chi connectivity index (χ0n) is 9.78. The van der Waals surface area contributed by atoms with Crippen LogP contribution in [0.4, 0.5) is 18.9 Å². The van der Waals surface area contributed by atoms with E-state index in [1.54, 1.807) is 6.07 Å². The summed E-state index contributed by atoms with van der Waals surface area (Å²) >= 11 is 0. The van der Waals surface area contributed by atoms with Gasteiger partial charge in [-0.05, 0) is 19.1 Å². The highest BCUT2D eigenvalue weighted by atomic mass is 19.4. The lowest BCUT2D eigenvalue weighted by atomic mass is 10.2. The average Bonchev–Trinajstić information content (AvgIpc) is 2.31. The number of allylic oxidation sites excluding steroid dienone is 1.